The summed E-state index contributed by atoms with van der Waals surface area (Å²) in [6, 6.07) is 20.2. The summed E-state index contributed by atoms with van der Waals surface area (Å²) < 4.78 is 8.18. The zero-order valence-corrected chi connectivity index (χ0v) is 19.8. The van der Waals surface area contributed by atoms with Crippen LogP contribution >= 0.6 is 0 Å². The van der Waals surface area contributed by atoms with Gasteiger partial charge in [0.25, 0.3) is 5.91 Å². The number of amides is 1. The number of rotatable bonds is 8. The minimum Gasteiger partial charge on any atom is -0.494 e. The molecule has 0 aliphatic rings. The lowest BCUT2D eigenvalue weighted by atomic mass is 10.1. The van der Waals surface area contributed by atoms with E-state index >= 15 is 0 Å². The van der Waals surface area contributed by atoms with Crippen LogP contribution in [0.5, 0.6) is 5.75 Å². The molecule has 0 aliphatic heterocycles. The van der Waals surface area contributed by atoms with Crippen molar-refractivity contribution in [2.24, 2.45) is 0 Å². The van der Waals surface area contributed by atoms with Crippen LogP contribution in [0.4, 0.5) is 0 Å². The molecule has 5 heteroatoms. The topological polar surface area (TPSA) is 56.1 Å². The maximum Gasteiger partial charge on any atom is 0.251 e. The molecular weight excluding hydrogens is 410 g/mol. The molecule has 0 unspecified atom stereocenters. The summed E-state index contributed by atoms with van der Waals surface area (Å²) in [5.41, 5.74) is 7.23. The lowest BCUT2D eigenvalue weighted by Gasteiger charge is -2.12. The normalized spacial score (nSPS) is 11.0. The minimum atomic E-state index is -0.0794. The van der Waals surface area contributed by atoms with Gasteiger partial charge >= 0.3 is 0 Å². The molecule has 0 saturated heterocycles. The van der Waals surface area contributed by atoms with Crippen molar-refractivity contribution in [2.75, 3.05) is 6.61 Å². The van der Waals surface area contributed by atoms with Crippen molar-refractivity contribution in [3.05, 3.63) is 94.3 Å². The molecule has 0 saturated carbocycles. The molecule has 1 heterocycles. The lowest BCUT2D eigenvalue weighted by molar-refractivity contribution is 0.0949. The average molecular weight is 442 g/mol. The number of nitrogens with zero attached hydrogens (tertiary/aromatic N) is 2. The van der Waals surface area contributed by atoms with Gasteiger partial charge in [0.05, 0.1) is 24.2 Å². The molecule has 0 aliphatic carbocycles. The van der Waals surface area contributed by atoms with Crippen molar-refractivity contribution in [1.82, 2.24) is 14.9 Å². The van der Waals surface area contributed by atoms with Crippen LogP contribution in [0.2, 0.25) is 0 Å². The van der Waals surface area contributed by atoms with E-state index in [4.69, 9.17) is 9.72 Å². The monoisotopic (exact) mass is 441 g/mol. The van der Waals surface area contributed by atoms with Crippen LogP contribution < -0.4 is 10.1 Å². The second-order valence-electron chi connectivity index (χ2n) is 8.69. The van der Waals surface area contributed by atoms with Gasteiger partial charge in [-0.2, -0.15) is 0 Å². The second-order valence-corrected chi connectivity index (χ2v) is 8.69. The molecule has 1 aromatic heterocycles. The van der Waals surface area contributed by atoms with E-state index in [0.29, 0.717) is 18.7 Å². The van der Waals surface area contributed by atoms with Gasteiger partial charge in [-0.1, -0.05) is 35.9 Å². The fourth-order valence-electron chi connectivity index (χ4n) is 4.26. The van der Waals surface area contributed by atoms with E-state index < -0.39 is 0 Å². The number of para-hydroxylation sites is 2. The predicted molar refractivity (Wildman–Crippen MR) is 133 cm³/mol. The Hall–Kier alpha value is -3.60. The molecule has 5 nitrogen and oxygen atoms in total. The molecule has 0 spiro atoms. The molecule has 1 N–H and O–H groups in total. The van der Waals surface area contributed by atoms with Crippen molar-refractivity contribution in [1.29, 1.82) is 0 Å². The first kappa shape index (κ1) is 22.6. The molecule has 0 atom stereocenters. The maximum atomic E-state index is 12.8. The Labute approximate surface area is 195 Å². The van der Waals surface area contributed by atoms with Gasteiger partial charge in [-0.15, -0.1) is 0 Å². The third-order valence-electron chi connectivity index (χ3n) is 5.76. The summed E-state index contributed by atoms with van der Waals surface area (Å²) in [5.74, 6) is 1.67. The lowest BCUT2D eigenvalue weighted by Crippen LogP contribution is -2.25. The molecule has 3 aromatic carbocycles. The van der Waals surface area contributed by atoms with Crippen molar-refractivity contribution in [3.8, 4) is 5.75 Å². The standard InChI is InChI=1S/C28H31N3O2/c1-19-10-11-24(22(4)15-19)28(32)29-18-27-30-25-8-5-6-9-26(25)31(27)12-7-13-33-23-16-20(2)14-21(3)17-23/h5-6,8-11,14-17H,7,12-13,18H2,1-4H3,(H,29,32). The number of imidazole rings is 1. The predicted octanol–water partition coefficient (Wildman–Crippen LogP) is 5.67. The number of aryl methyl sites for hydroxylation is 5. The number of nitrogens with one attached hydrogen (secondary N) is 1. The van der Waals surface area contributed by atoms with E-state index in [-0.39, 0.29) is 5.91 Å². The second kappa shape index (κ2) is 9.90. The summed E-state index contributed by atoms with van der Waals surface area (Å²) in [5, 5.41) is 3.05. The molecule has 0 radical (unpaired) electrons. The van der Waals surface area contributed by atoms with Gasteiger partial charge in [-0.05, 0) is 81.1 Å². The van der Waals surface area contributed by atoms with E-state index in [1.165, 1.54) is 11.1 Å². The Morgan fingerprint density at radius 1 is 0.939 bits per heavy atom. The van der Waals surface area contributed by atoms with Crippen molar-refractivity contribution >= 4 is 16.9 Å². The molecule has 170 valence electrons. The van der Waals surface area contributed by atoms with Gasteiger partial charge < -0.3 is 14.6 Å². The first-order valence-electron chi connectivity index (χ1n) is 11.4. The van der Waals surface area contributed by atoms with Crippen LogP contribution in [-0.2, 0) is 13.1 Å². The van der Waals surface area contributed by atoms with Crippen LogP contribution in [0, 0.1) is 27.7 Å². The van der Waals surface area contributed by atoms with Gasteiger partial charge in [0.2, 0.25) is 0 Å². The number of benzene rings is 3. The molecule has 0 bridgehead atoms. The van der Waals surface area contributed by atoms with Crippen LogP contribution in [0.25, 0.3) is 11.0 Å². The Morgan fingerprint density at radius 3 is 2.45 bits per heavy atom. The molecule has 0 fully saturated rings. The summed E-state index contributed by atoms with van der Waals surface area (Å²) in [7, 11) is 0. The van der Waals surface area contributed by atoms with E-state index in [0.717, 1.165) is 46.7 Å². The van der Waals surface area contributed by atoms with Crippen LogP contribution in [0.1, 0.15) is 44.9 Å². The first-order chi connectivity index (χ1) is 15.9. The fourth-order valence-corrected chi connectivity index (χ4v) is 4.26. The van der Waals surface area contributed by atoms with Gasteiger partial charge in [0.1, 0.15) is 11.6 Å². The highest BCUT2D eigenvalue weighted by atomic mass is 16.5. The Kier molecular flexibility index (Phi) is 6.78. The van der Waals surface area contributed by atoms with Crippen LogP contribution in [-0.4, -0.2) is 22.1 Å². The fraction of sp³-hybridized carbons (Fsp3) is 0.286. The van der Waals surface area contributed by atoms with Gasteiger partial charge in [0.15, 0.2) is 0 Å². The smallest absolute Gasteiger partial charge is 0.251 e. The van der Waals surface area contributed by atoms with E-state index in [1.54, 1.807) is 0 Å². The van der Waals surface area contributed by atoms with E-state index in [9.17, 15) is 4.79 Å². The van der Waals surface area contributed by atoms with Gasteiger partial charge in [0, 0.05) is 12.1 Å². The Balaban J connectivity index is 1.44. The number of aromatic nitrogens is 2. The largest absolute Gasteiger partial charge is 0.494 e. The highest BCUT2D eigenvalue weighted by molar-refractivity contribution is 5.95. The number of ether oxygens (including phenoxy) is 1. The molecule has 4 rings (SSSR count). The number of hydrogen-bond acceptors (Lipinski definition) is 3. The number of hydrogen-bond donors (Lipinski definition) is 1. The van der Waals surface area contributed by atoms with Crippen LogP contribution in [0.15, 0.2) is 60.7 Å². The number of carbonyl (C=O) groups is 1. The molecular formula is C28H31N3O2. The first-order valence-corrected chi connectivity index (χ1v) is 11.4. The zero-order chi connectivity index (χ0) is 23.4. The summed E-state index contributed by atoms with van der Waals surface area (Å²) in [4.78, 5) is 17.6. The average Bonchev–Trinajstić information content (AvgIpc) is 3.12. The van der Waals surface area contributed by atoms with Crippen molar-refractivity contribution in [3.63, 3.8) is 0 Å². The highest BCUT2D eigenvalue weighted by Gasteiger charge is 2.13. The number of carbonyl (C=O) groups excluding carboxylic acids is 1. The zero-order valence-electron chi connectivity index (χ0n) is 19.8. The maximum absolute atomic E-state index is 12.8. The minimum absolute atomic E-state index is 0.0794. The van der Waals surface area contributed by atoms with Gasteiger partial charge in [-0.25, -0.2) is 4.98 Å². The Morgan fingerprint density at radius 2 is 1.70 bits per heavy atom. The molecule has 1 amide bonds. The van der Waals surface area contributed by atoms with E-state index in [2.05, 4.69) is 48.0 Å². The van der Waals surface area contributed by atoms with Crippen LogP contribution in [0.3, 0.4) is 0 Å². The van der Waals surface area contributed by atoms with Gasteiger partial charge in [-0.3, -0.25) is 4.79 Å². The summed E-state index contributed by atoms with van der Waals surface area (Å²) in [6.45, 7) is 9.91. The summed E-state index contributed by atoms with van der Waals surface area (Å²) >= 11 is 0. The highest BCUT2D eigenvalue weighted by Crippen LogP contribution is 2.19. The SMILES string of the molecule is Cc1cc(C)cc(OCCCn2c(CNC(=O)c3ccc(C)cc3C)nc3ccccc32)c1. The molecule has 33 heavy (non-hydrogen) atoms. The number of fused-ring (bicyclic) bond motifs is 1. The third-order valence-corrected chi connectivity index (χ3v) is 5.76. The molecule has 4 aromatic rings. The van der Waals surface area contributed by atoms with Crippen molar-refractivity contribution < 1.29 is 9.53 Å². The summed E-state index contributed by atoms with van der Waals surface area (Å²) in [6.07, 6.45) is 0.839. The van der Waals surface area contributed by atoms with E-state index in [1.807, 2.05) is 50.2 Å². The van der Waals surface area contributed by atoms with Crippen molar-refractivity contribution in [2.45, 2.75) is 47.2 Å². The Bertz CT molecular complexity index is 1270. The third kappa shape index (κ3) is 5.43. The quantitative estimate of drug-likeness (QED) is 0.359.